The zero-order valence-electron chi connectivity index (χ0n) is 13.7. The lowest BCUT2D eigenvalue weighted by molar-refractivity contribution is 0.0947. The number of amides is 1. The van der Waals surface area contributed by atoms with E-state index < -0.39 is 0 Å². The van der Waals surface area contributed by atoms with Crippen LogP contribution in [-0.2, 0) is 6.54 Å². The summed E-state index contributed by atoms with van der Waals surface area (Å²) in [7, 11) is 1.56. The lowest BCUT2D eigenvalue weighted by Gasteiger charge is -2.12. The van der Waals surface area contributed by atoms with E-state index in [-0.39, 0.29) is 12.7 Å². The van der Waals surface area contributed by atoms with Crippen molar-refractivity contribution < 1.29 is 23.7 Å². The summed E-state index contributed by atoms with van der Waals surface area (Å²) in [5.41, 5.74) is 1.33. The molecular formula is C18H18ClNO5. The molecule has 1 N–H and O–H groups in total. The molecule has 6 nitrogen and oxygen atoms in total. The Morgan fingerprint density at radius 2 is 2.04 bits per heavy atom. The number of alkyl halides is 1. The molecule has 1 aliphatic heterocycles. The van der Waals surface area contributed by atoms with Gasteiger partial charge in [-0.15, -0.1) is 11.6 Å². The van der Waals surface area contributed by atoms with Crippen LogP contribution in [0.3, 0.4) is 0 Å². The minimum absolute atomic E-state index is 0.221. The Kier molecular flexibility index (Phi) is 5.50. The Labute approximate surface area is 150 Å². The van der Waals surface area contributed by atoms with Gasteiger partial charge in [-0.2, -0.15) is 0 Å². The number of rotatable bonds is 7. The number of halogens is 1. The predicted molar refractivity (Wildman–Crippen MR) is 92.9 cm³/mol. The van der Waals surface area contributed by atoms with E-state index in [9.17, 15) is 4.79 Å². The standard InChI is InChI=1S/C18H18ClNO5/c1-22-13-3-4-14(16(9-13)23-7-6-19)18(21)20-10-12-2-5-15-17(8-12)25-11-24-15/h2-5,8-9H,6-7,10-11H2,1H3,(H,20,21). The molecule has 0 fully saturated rings. The first-order valence-corrected chi connectivity index (χ1v) is 8.28. The minimum Gasteiger partial charge on any atom is -0.497 e. The first kappa shape index (κ1) is 17.2. The van der Waals surface area contributed by atoms with Gasteiger partial charge in [0.1, 0.15) is 18.1 Å². The fraction of sp³-hybridized carbons (Fsp3) is 0.278. The van der Waals surface area contributed by atoms with Crippen molar-refractivity contribution in [3.8, 4) is 23.0 Å². The zero-order valence-corrected chi connectivity index (χ0v) is 14.5. The molecule has 7 heteroatoms. The molecule has 0 radical (unpaired) electrons. The summed E-state index contributed by atoms with van der Waals surface area (Å²) in [6.07, 6.45) is 0. The molecule has 0 spiro atoms. The largest absolute Gasteiger partial charge is 0.497 e. The second-order valence-electron chi connectivity index (χ2n) is 5.27. The second-order valence-corrected chi connectivity index (χ2v) is 5.65. The first-order valence-electron chi connectivity index (χ1n) is 7.75. The van der Waals surface area contributed by atoms with E-state index in [4.69, 9.17) is 30.5 Å². The van der Waals surface area contributed by atoms with Crippen molar-refractivity contribution in [3.05, 3.63) is 47.5 Å². The molecule has 1 aliphatic rings. The molecule has 0 unspecified atom stereocenters. The quantitative estimate of drug-likeness (QED) is 0.766. The van der Waals surface area contributed by atoms with E-state index in [1.54, 1.807) is 25.3 Å². The van der Waals surface area contributed by atoms with E-state index in [1.165, 1.54) is 0 Å². The zero-order chi connectivity index (χ0) is 17.6. The van der Waals surface area contributed by atoms with E-state index in [2.05, 4.69) is 5.32 Å². The number of hydrogen-bond acceptors (Lipinski definition) is 5. The topological polar surface area (TPSA) is 66.0 Å². The van der Waals surface area contributed by atoms with Gasteiger partial charge < -0.3 is 24.3 Å². The van der Waals surface area contributed by atoms with Gasteiger partial charge in [-0.3, -0.25) is 4.79 Å². The average molecular weight is 364 g/mol. The Morgan fingerprint density at radius 1 is 1.20 bits per heavy atom. The number of methoxy groups -OCH3 is 1. The van der Waals surface area contributed by atoms with Crippen molar-refractivity contribution in [1.29, 1.82) is 0 Å². The first-order chi connectivity index (χ1) is 12.2. The molecule has 3 rings (SSSR count). The van der Waals surface area contributed by atoms with Gasteiger partial charge in [-0.1, -0.05) is 6.07 Å². The van der Waals surface area contributed by atoms with E-state index in [0.717, 1.165) is 5.56 Å². The monoisotopic (exact) mass is 363 g/mol. The summed E-state index contributed by atoms with van der Waals surface area (Å²) in [5.74, 6) is 2.52. The van der Waals surface area contributed by atoms with Gasteiger partial charge >= 0.3 is 0 Å². The summed E-state index contributed by atoms with van der Waals surface area (Å²) in [5, 5.41) is 2.87. The third-order valence-corrected chi connectivity index (χ3v) is 3.81. The van der Waals surface area contributed by atoms with Gasteiger partial charge in [0.2, 0.25) is 6.79 Å². The van der Waals surface area contributed by atoms with Crippen LogP contribution in [0.5, 0.6) is 23.0 Å². The van der Waals surface area contributed by atoms with Gasteiger partial charge in [0.25, 0.3) is 5.91 Å². The van der Waals surface area contributed by atoms with Gasteiger partial charge in [0, 0.05) is 12.6 Å². The van der Waals surface area contributed by atoms with Crippen molar-refractivity contribution in [1.82, 2.24) is 5.32 Å². The third-order valence-electron chi connectivity index (χ3n) is 3.66. The number of carbonyl (C=O) groups excluding carboxylic acids is 1. The highest BCUT2D eigenvalue weighted by molar-refractivity contribution is 6.18. The number of carbonyl (C=O) groups is 1. The average Bonchev–Trinajstić information content (AvgIpc) is 3.12. The molecule has 0 saturated heterocycles. The summed E-state index contributed by atoms with van der Waals surface area (Å²) in [6.45, 7) is 0.881. The Morgan fingerprint density at radius 3 is 2.84 bits per heavy atom. The lowest BCUT2D eigenvalue weighted by atomic mass is 10.1. The highest BCUT2D eigenvalue weighted by atomic mass is 35.5. The van der Waals surface area contributed by atoms with Crippen LogP contribution in [0.4, 0.5) is 0 Å². The molecule has 0 saturated carbocycles. The normalized spacial score (nSPS) is 11.9. The molecule has 132 valence electrons. The molecule has 0 aromatic heterocycles. The molecule has 2 aromatic carbocycles. The lowest BCUT2D eigenvalue weighted by Crippen LogP contribution is -2.23. The number of fused-ring (bicyclic) bond motifs is 1. The van der Waals surface area contributed by atoms with Crippen molar-refractivity contribution in [2.45, 2.75) is 6.54 Å². The van der Waals surface area contributed by atoms with Crippen molar-refractivity contribution in [2.24, 2.45) is 0 Å². The molecule has 0 bridgehead atoms. The maximum atomic E-state index is 12.5. The molecular weight excluding hydrogens is 346 g/mol. The third kappa shape index (κ3) is 4.09. The molecule has 0 aliphatic carbocycles. The van der Waals surface area contributed by atoms with E-state index in [1.807, 2.05) is 18.2 Å². The van der Waals surface area contributed by atoms with E-state index >= 15 is 0 Å². The van der Waals surface area contributed by atoms with E-state index in [0.29, 0.717) is 47.6 Å². The Balaban J connectivity index is 1.70. The number of hydrogen-bond donors (Lipinski definition) is 1. The van der Waals surface area contributed by atoms with Crippen LogP contribution in [0.25, 0.3) is 0 Å². The van der Waals surface area contributed by atoms with Crippen LogP contribution >= 0.6 is 11.6 Å². The van der Waals surface area contributed by atoms with Crippen molar-refractivity contribution in [2.75, 3.05) is 26.4 Å². The molecule has 2 aromatic rings. The highest BCUT2D eigenvalue weighted by Gasteiger charge is 2.16. The van der Waals surface area contributed by atoms with Crippen LogP contribution in [-0.4, -0.2) is 32.3 Å². The second kappa shape index (κ2) is 7.98. The summed E-state index contributed by atoms with van der Waals surface area (Å²) in [6, 6.07) is 10.6. The smallest absolute Gasteiger partial charge is 0.255 e. The van der Waals surface area contributed by atoms with Crippen molar-refractivity contribution >= 4 is 17.5 Å². The van der Waals surface area contributed by atoms with Gasteiger partial charge in [0.05, 0.1) is 18.6 Å². The fourth-order valence-corrected chi connectivity index (χ4v) is 2.49. The molecule has 0 atom stereocenters. The summed E-state index contributed by atoms with van der Waals surface area (Å²) >= 11 is 5.67. The van der Waals surface area contributed by atoms with Gasteiger partial charge in [0.15, 0.2) is 11.5 Å². The van der Waals surface area contributed by atoms with Crippen LogP contribution in [0.2, 0.25) is 0 Å². The van der Waals surface area contributed by atoms with Gasteiger partial charge in [-0.05, 0) is 29.8 Å². The molecule has 1 heterocycles. The van der Waals surface area contributed by atoms with Crippen LogP contribution in [0.15, 0.2) is 36.4 Å². The SMILES string of the molecule is COc1ccc(C(=O)NCc2ccc3c(c2)OCO3)c(OCCCl)c1. The highest BCUT2D eigenvalue weighted by Crippen LogP contribution is 2.32. The van der Waals surface area contributed by atoms with Crippen molar-refractivity contribution in [3.63, 3.8) is 0 Å². The van der Waals surface area contributed by atoms with Gasteiger partial charge in [-0.25, -0.2) is 0 Å². The van der Waals surface area contributed by atoms with Crippen LogP contribution in [0.1, 0.15) is 15.9 Å². The maximum Gasteiger partial charge on any atom is 0.255 e. The summed E-state index contributed by atoms with van der Waals surface area (Å²) < 4.78 is 21.3. The number of ether oxygens (including phenoxy) is 4. The number of nitrogens with one attached hydrogen (secondary N) is 1. The molecule has 25 heavy (non-hydrogen) atoms. The summed E-state index contributed by atoms with van der Waals surface area (Å²) in [4.78, 5) is 12.5. The van der Waals surface area contributed by atoms with Crippen LogP contribution in [0, 0.1) is 0 Å². The minimum atomic E-state index is -0.245. The Bertz CT molecular complexity index is 765. The fourth-order valence-electron chi connectivity index (χ4n) is 2.41. The molecule has 1 amide bonds. The van der Waals surface area contributed by atoms with Crippen LogP contribution < -0.4 is 24.3 Å². The predicted octanol–water partition coefficient (Wildman–Crippen LogP) is 2.97. The Hall–Kier alpha value is -2.60. The number of benzene rings is 2. The maximum absolute atomic E-state index is 12.5.